The van der Waals surface area contributed by atoms with Gasteiger partial charge in [-0.3, -0.25) is 0 Å². The molecule has 0 saturated heterocycles. The SMILES string of the molecule is Cc1csc(CCNS(=O)(=O)c2ccc(Cl)cc2)n1. The van der Waals surface area contributed by atoms with Crippen LogP contribution in [0.1, 0.15) is 10.7 Å². The molecule has 0 unspecified atom stereocenters. The largest absolute Gasteiger partial charge is 0.247 e. The number of rotatable bonds is 5. The van der Waals surface area contributed by atoms with E-state index in [0.717, 1.165) is 10.7 Å². The van der Waals surface area contributed by atoms with Gasteiger partial charge in [0.05, 0.1) is 9.90 Å². The van der Waals surface area contributed by atoms with Crippen LogP contribution >= 0.6 is 22.9 Å². The van der Waals surface area contributed by atoms with Crippen LogP contribution in [0, 0.1) is 6.92 Å². The van der Waals surface area contributed by atoms with E-state index in [9.17, 15) is 8.42 Å². The minimum atomic E-state index is -3.47. The topological polar surface area (TPSA) is 59.1 Å². The minimum absolute atomic E-state index is 0.215. The monoisotopic (exact) mass is 316 g/mol. The van der Waals surface area contributed by atoms with E-state index in [4.69, 9.17) is 11.6 Å². The maximum atomic E-state index is 12.0. The van der Waals surface area contributed by atoms with Crippen LogP contribution < -0.4 is 4.72 Å². The predicted octanol–water partition coefficient (Wildman–Crippen LogP) is 2.63. The first-order chi connectivity index (χ1) is 8.97. The summed E-state index contributed by atoms with van der Waals surface area (Å²) in [5.74, 6) is 0. The zero-order valence-corrected chi connectivity index (χ0v) is 12.6. The van der Waals surface area contributed by atoms with E-state index in [1.54, 1.807) is 12.1 Å². The summed E-state index contributed by atoms with van der Waals surface area (Å²) in [6, 6.07) is 6.08. The zero-order chi connectivity index (χ0) is 13.9. The number of nitrogens with one attached hydrogen (secondary N) is 1. The second kappa shape index (κ2) is 6.00. The van der Waals surface area contributed by atoms with Crippen LogP contribution in [0.5, 0.6) is 0 Å². The van der Waals surface area contributed by atoms with Crippen LogP contribution in [0.2, 0.25) is 5.02 Å². The average Bonchev–Trinajstić information content (AvgIpc) is 2.75. The third kappa shape index (κ3) is 4.01. The Balaban J connectivity index is 1.96. The summed E-state index contributed by atoms with van der Waals surface area (Å²) >= 11 is 7.26. The van der Waals surface area contributed by atoms with Gasteiger partial charge in [0.25, 0.3) is 0 Å². The quantitative estimate of drug-likeness (QED) is 0.922. The molecule has 0 atom stereocenters. The molecular formula is C12H13ClN2O2S2. The Bertz CT molecular complexity index is 651. The Morgan fingerprint density at radius 1 is 1.32 bits per heavy atom. The van der Waals surface area contributed by atoms with Crippen molar-refractivity contribution >= 4 is 33.0 Å². The lowest BCUT2D eigenvalue weighted by atomic mass is 10.4. The molecule has 1 heterocycles. The summed E-state index contributed by atoms with van der Waals surface area (Å²) in [7, 11) is -3.47. The van der Waals surface area contributed by atoms with Crippen molar-refractivity contribution < 1.29 is 8.42 Å². The first kappa shape index (κ1) is 14.5. The molecule has 1 aromatic heterocycles. The summed E-state index contributed by atoms with van der Waals surface area (Å²) in [6.45, 7) is 2.25. The third-order valence-corrected chi connectivity index (χ3v) is 5.18. The van der Waals surface area contributed by atoms with E-state index in [2.05, 4.69) is 9.71 Å². The Hall–Kier alpha value is -0.950. The summed E-state index contributed by atoms with van der Waals surface area (Å²) in [5, 5.41) is 3.39. The molecule has 0 aliphatic heterocycles. The van der Waals surface area contributed by atoms with Crippen LogP contribution in [0.4, 0.5) is 0 Å². The Kier molecular flexibility index (Phi) is 4.57. The molecule has 2 rings (SSSR count). The molecule has 0 aliphatic carbocycles. The van der Waals surface area contributed by atoms with E-state index in [-0.39, 0.29) is 4.90 Å². The lowest BCUT2D eigenvalue weighted by Gasteiger charge is -2.05. The molecule has 1 N–H and O–H groups in total. The van der Waals surface area contributed by atoms with Gasteiger partial charge >= 0.3 is 0 Å². The summed E-state index contributed by atoms with van der Waals surface area (Å²) in [5.41, 5.74) is 0.959. The summed E-state index contributed by atoms with van der Waals surface area (Å²) in [4.78, 5) is 4.50. The number of aryl methyl sites for hydroxylation is 1. The Morgan fingerprint density at radius 3 is 2.58 bits per heavy atom. The molecule has 4 nitrogen and oxygen atoms in total. The maximum Gasteiger partial charge on any atom is 0.240 e. The number of thiazole rings is 1. The number of aromatic nitrogens is 1. The van der Waals surface area contributed by atoms with Gasteiger partial charge in [-0.25, -0.2) is 18.1 Å². The summed E-state index contributed by atoms with van der Waals surface area (Å²) in [6.07, 6.45) is 0.589. The van der Waals surface area contributed by atoms with Crippen molar-refractivity contribution in [1.29, 1.82) is 0 Å². The lowest BCUT2D eigenvalue weighted by Crippen LogP contribution is -2.25. The van der Waals surface area contributed by atoms with E-state index in [1.165, 1.54) is 23.5 Å². The minimum Gasteiger partial charge on any atom is -0.247 e. The first-order valence-electron chi connectivity index (χ1n) is 5.63. The number of benzene rings is 1. The van der Waals surface area contributed by atoms with E-state index < -0.39 is 10.0 Å². The van der Waals surface area contributed by atoms with E-state index in [1.807, 2.05) is 12.3 Å². The second-order valence-corrected chi connectivity index (χ2v) is 7.13. The molecule has 0 radical (unpaired) electrons. The van der Waals surface area contributed by atoms with Crippen LogP contribution in [-0.2, 0) is 16.4 Å². The Labute approximate surface area is 121 Å². The van der Waals surface area contributed by atoms with Gasteiger partial charge in [-0.2, -0.15) is 0 Å². The van der Waals surface area contributed by atoms with Gasteiger partial charge in [0.1, 0.15) is 0 Å². The number of nitrogens with zero attached hydrogens (tertiary/aromatic N) is 1. The van der Waals surface area contributed by atoms with Gasteiger partial charge in [-0.1, -0.05) is 11.6 Å². The Morgan fingerprint density at radius 2 is 2.00 bits per heavy atom. The molecule has 7 heteroatoms. The summed E-state index contributed by atoms with van der Waals surface area (Å²) < 4.78 is 26.5. The van der Waals surface area contributed by atoms with Crippen molar-refractivity contribution in [2.75, 3.05) is 6.54 Å². The van der Waals surface area contributed by atoms with Gasteiger partial charge < -0.3 is 0 Å². The van der Waals surface area contributed by atoms with Crippen molar-refractivity contribution in [2.24, 2.45) is 0 Å². The highest BCUT2D eigenvalue weighted by atomic mass is 35.5. The first-order valence-corrected chi connectivity index (χ1v) is 8.38. The zero-order valence-electron chi connectivity index (χ0n) is 10.3. The third-order valence-electron chi connectivity index (χ3n) is 2.42. The van der Waals surface area contributed by atoms with Crippen molar-refractivity contribution in [1.82, 2.24) is 9.71 Å². The molecule has 19 heavy (non-hydrogen) atoms. The number of halogens is 1. The van der Waals surface area contributed by atoms with Crippen LogP contribution in [0.15, 0.2) is 34.5 Å². The highest BCUT2D eigenvalue weighted by Crippen LogP contribution is 2.14. The second-order valence-electron chi connectivity index (χ2n) is 3.98. The molecule has 0 saturated carbocycles. The van der Waals surface area contributed by atoms with Crippen molar-refractivity contribution in [3.63, 3.8) is 0 Å². The van der Waals surface area contributed by atoms with Gasteiger partial charge in [0.15, 0.2) is 0 Å². The van der Waals surface area contributed by atoms with Gasteiger partial charge in [0, 0.05) is 29.1 Å². The smallest absolute Gasteiger partial charge is 0.240 e. The van der Waals surface area contributed by atoms with Crippen molar-refractivity contribution in [3.05, 3.63) is 45.4 Å². The molecule has 2 aromatic rings. The molecule has 0 aliphatic rings. The van der Waals surface area contributed by atoms with Gasteiger partial charge in [-0.05, 0) is 31.2 Å². The van der Waals surface area contributed by atoms with Crippen molar-refractivity contribution in [3.8, 4) is 0 Å². The molecule has 0 fully saturated rings. The molecule has 0 amide bonds. The highest BCUT2D eigenvalue weighted by molar-refractivity contribution is 7.89. The lowest BCUT2D eigenvalue weighted by molar-refractivity contribution is 0.581. The van der Waals surface area contributed by atoms with Crippen LogP contribution in [-0.4, -0.2) is 19.9 Å². The van der Waals surface area contributed by atoms with E-state index in [0.29, 0.717) is 18.0 Å². The fraction of sp³-hybridized carbons (Fsp3) is 0.250. The molecule has 0 bridgehead atoms. The van der Waals surface area contributed by atoms with Gasteiger partial charge in [-0.15, -0.1) is 11.3 Å². The van der Waals surface area contributed by atoms with Crippen molar-refractivity contribution in [2.45, 2.75) is 18.2 Å². The normalized spacial score (nSPS) is 11.7. The molecular weight excluding hydrogens is 304 g/mol. The molecule has 0 spiro atoms. The standard InChI is InChI=1S/C12H13ClN2O2S2/c1-9-8-18-12(15-9)6-7-14-19(16,17)11-4-2-10(13)3-5-11/h2-5,8,14H,6-7H2,1H3. The average molecular weight is 317 g/mol. The van der Waals surface area contributed by atoms with Crippen LogP contribution in [0.3, 0.4) is 0 Å². The maximum absolute atomic E-state index is 12.0. The van der Waals surface area contributed by atoms with Crippen LogP contribution in [0.25, 0.3) is 0 Å². The number of sulfonamides is 1. The highest BCUT2D eigenvalue weighted by Gasteiger charge is 2.13. The molecule has 102 valence electrons. The molecule has 1 aromatic carbocycles. The number of hydrogen-bond donors (Lipinski definition) is 1. The fourth-order valence-electron chi connectivity index (χ4n) is 1.51. The van der Waals surface area contributed by atoms with Gasteiger partial charge in [0.2, 0.25) is 10.0 Å². The predicted molar refractivity (Wildman–Crippen MR) is 77.2 cm³/mol. The number of hydrogen-bond acceptors (Lipinski definition) is 4. The van der Waals surface area contributed by atoms with E-state index >= 15 is 0 Å². The fourth-order valence-corrected chi connectivity index (χ4v) is 3.44.